The third-order valence-electron chi connectivity index (χ3n) is 5.26. The van der Waals surface area contributed by atoms with Crippen LogP contribution in [0.3, 0.4) is 0 Å². The highest BCUT2D eigenvalue weighted by Crippen LogP contribution is 2.36. The number of amides is 1. The molecule has 2 heterocycles. The van der Waals surface area contributed by atoms with Crippen molar-refractivity contribution in [2.45, 2.75) is 25.3 Å². The largest absolute Gasteiger partial charge is 0.497 e. The molecule has 1 atom stereocenters. The van der Waals surface area contributed by atoms with Gasteiger partial charge in [-0.3, -0.25) is 9.89 Å². The van der Waals surface area contributed by atoms with Crippen LogP contribution in [0.4, 0.5) is 0 Å². The van der Waals surface area contributed by atoms with Crippen molar-refractivity contribution in [3.05, 3.63) is 71.0 Å². The fourth-order valence-electron chi connectivity index (χ4n) is 3.78. The van der Waals surface area contributed by atoms with Gasteiger partial charge in [0.2, 0.25) is 0 Å². The Hall–Kier alpha value is -2.79. The second-order valence-electron chi connectivity index (χ2n) is 6.94. The first kappa shape index (κ1) is 18.6. The van der Waals surface area contributed by atoms with Crippen LogP contribution in [0.25, 0.3) is 11.1 Å². The van der Waals surface area contributed by atoms with Crippen molar-refractivity contribution in [3.8, 4) is 16.9 Å². The van der Waals surface area contributed by atoms with Crippen molar-refractivity contribution >= 4 is 17.5 Å². The van der Waals surface area contributed by atoms with Crippen LogP contribution in [0, 0.1) is 0 Å². The molecule has 1 N–H and O–H groups in total. The molecule has 3 aromatic rings. The average Bonchev–Trinajstić information content (AvgIpc) is 3.23. The van der Waals surface area contributed by atoms with Gasteiger partial charge in [0, 0.05) is 22.7 Å². The first-order chi connectivity index (χ1) is 13.7. The number of aromatic nitrogens is 2. The van der Waals surface area contributed by atoms with Crippen molar-refractivity contribution in [2.24, 2.45) is 0 Å². The Balaban J connectivity index is 1.66. The molecule has 0 bridgehead atoms. The number of rotatable bonds is 4. The average molecular weight is 396 g/mol. The number of hydrogen-bond donors (Lipinski definition) is 1. The molecule has 4 rings (SSSR count). The second kappa shape index (κ2) is 8.07. The van der Waals surface area contributed by atoms with Crippen molar-refractivity contribution in [3.63, 3.8) is 0 Å². The number of hydrogen-bond acceptors (Lipinski definition) is 3. The van der Waals surface area contributed by atoms with Crippen LogP contribution in [0.2, 0.25) is 5.02 Å². The van der Waals surface area contributed by atoms with E-state index in [2.05, 4.69) is 10.2 Å². The third-order valence-corrected chi connectivity index (χ3v) is 5.51. The molecule has 6 heteroatoms. The van der Waals surface area contributed by atoms with Gasteiger partial charge in [0.05, 0.1) is 25.0 Å². The van der Waals surface area contributed by atoms with Crippen LogP contribution in [-0.2, 0) is 0 Å². The Kier molecular flexibility index (Phi) is 5.35. The molecule has 0 unspecified atom stereocenters. The lowest BCUT2D eigenvalue weighted by molar-refractivity contribution is 0.0607. The second-order valence-corrected chi connectivity index (χ2v) is 7.38. The molecular weight excluding hydrogens is 374 g/mol. The first-order valence-corrected chi connectivity index (χ1v) is 9.79. The zero-order valence-corrected chi connectivity index (χ0v) is 16.4. The number of piperidine rings is 1. The van der Waals surface area contributed by atoms with E-state index in [-0.39, 0.29) is 11.9 Å². The lowest BCUT2D eigenvalue weighted by Crippen LogP contribution is -2.38. The van der Waals surface area contributed by atoms with Crippen molar-refractivity contribution < 1.29 is 9.53 Å². The fraction of sp³-hybridized carbons (Fsp3) is 0.273. The van der Waals surface area contributed by atoms with E-state index in [1.807, 2.05) is 35.4 Å². The number of nitrogens with zero attached hydrogens (tertiary/aromatic N) is 2. The van der Waals surface area contributed by atoms with Crippen molar-refractivity contribution in [1.29, 1.82) is 0 Å². The molecule has 0 spiro atoms. The van der Waals surface area contributed by atoms with Gasteiger partial charge in [-0.2, -0.15) is 5.10 Å². The molecule has 1 amide bonds. The number of carbonyl (C=O) groups is 1. The van der Waals surface area contributed by atoms with Crippen LogP contribution >= 0.6 is 11.6 Å². The Labute approximate surface area is 169 Å². The monoisotopic (exact) mass is 395 g/mol. The van der Waals surface area contributed by atoms with Gasteiger partial charge in [-0.1, -0.05) is 23.7 Å². The van der Waals surface area contributed by atoms with E-state index in [0.717, 1.165) is 48.4 Å². The standard InChI is InChI=1S/C22H22ClN3O2/c1-28-18-11-7-15(8-12-18)19-14-24-25-21(19)20-4-2-3-13-26(20)22(27)16-5-9-17(23)10-6-16/h5-12,14,20H,2-4,13H2,1H3,(H,24,25)/t20-/m1/s1. The van der Waals surface area contributed by atoms with Gasteiger partial charge in [-0.15, -0.1) is 0 Å². The lowest BCUT2D eigenvalue weighted by Gasteiger charge is -2.35. The molecule has 1 saturated heterocycles. The fourth-order valence-corrected chi connectivity index (χ4v) is 3.91. The summed E-state index contributed by atoms with van der Waals surface area (Å²) in [6.07, 6.45) is 4.82. The van der Waals surface area contributed by atoms with Gasteiger partial charge in [0.1, 0.15) is 5.75 Å². The van der Waals surface area contributed by atoms with Gasteiger partial charge in [0.15, 0.2) is 0 Å². The molecular formula is C22H22ClN3O2. The number of benzene rings is 2. The van der Waals surface area contributed by atoms with Gasteiger partial charge < -0.3 is 9.64 Å². The molecule has 1 fully saturated rings. The van der Waals surface area contributed by atoms with E-state index in [0.29, 0.717) is 10.6 Å². The summed E-state index contributed by atoms with van der Waals surface area (Å²) in [5.74, 6) is 0.836. The molecule has 1 aromatic heterocycles. The van der Waals surface area contributed by atoms with Crippen LogP contribution < -0.4 is 4.74 Å². The summed E-state index contributed by atoms with van der Waals surface area (Å²) >= 11 is 5.98. The Morgan fingerprint density at radius 1 is 1.14 bits per heavy atom. The van der Waals surface area contributed by atoms with E-state index in [1.165, 1.54) is 0 Å². The third kappa shape index (κ3) is 3.62. The predicted octanol–water partition coefficient (Wildman–Crippen LogP) is 5.11. The van der Waals surface area contributed by atoms with Crippen LogP contribution in [0.1, 0.15) is 41.4 Å². The summed E-state index contributed by atoms with van der Waals surface area (Å²) < 4.78 is 5.25. The van der Waals surface area contributed by atoms with Gasteiger partial charge in [-0.25, -0.2) is 0 Å². The number of likely N-dealkylation sites (tertiary alicyclic amines) is 1. The zero-order chi connectivity index (χ0) is 19.5. The number of ether oxygens (including phenoxy) is 1. The first-order valence-electron chi connectivity index (χ1n) is 9.41. The summed E-state index contributed by atoms with van der Waals surface area (Å²) in [5, 5.41) is 8.06. The number of methoxy groups -OCH3 is 1. The minimum atomic E-state index is -0.0310. The molecule has 5 nitrogen and oxygen atoms in total. The quantitative estimate of drug-likeness (QED) is 0.668. The number of halogens is 1. The van der Waals surface area contributed by atoms with E-state index >= 15 is 0 Å². The lowest BCUT2D eigenvalue weighted by atomic mass is 9.94. The Morgan fingerprint density at radius 3 is 2.61 bits per heavy atom. The summed E-state index contributed by atoms with van der Waals surface area (Å²) in [6.45, 7) is 0.729. The normalized spacial score (nSPS) is 16.8. The maximum atomic E-state index is 13.2. The smallest absolute Gasteiger partial charge is 0.254 e. The van der Waals surface area contributed by atoms with Crippen LogP contribution in [0.15, 0.2) is 54.7 Å². The number of nitrogens with one attached hydrogen (secondary N) is 1. The molecule has 2 aromatic carbocycles. The Bertz CT molecular complexity index is 951. The van der Waals surface area contributed by atoms with Crippen molar-refractivity contribution in [2.75, 3.05) is 13.7 Å². The highest BCUT2D eigenvalue weighted by molar-refractivity contribution is 6.30. The summed E-state index contributed by atoms with van der Waals surface area (Å²) in [7, 11) is 1.65. The highest BCUT2D eigenvalue weighted by atomic mass is 35.5. The van der Waals surface area contributed by atoms with Gasteiger partial charge in [0.25, 0.3) is 5.91 Å². The van der Waals surface area contributed by atoms with Gasteiger partial charge >= 0.3 is 0 Å². The van der Waals surface area contributed by atoms with Crippen molar-refractivity contribution in [1.82, 2.24) is 15.1 Å². The minimum absolute atomic E-state index is 0.0247. The number of aromatic amines is 1. The molecule has 1 aliphatic heterocycles. The molecule has 144 valence electrons. The maximum Gasteiger partial charge on any atom is 0.254 e. The number of H-pyrrole nitrogens is 1. The maximum absolute atomic E-state index is 13.2. The topological polar surface area (TPSA) is 58.2 Å². The summed E-state index contributed by atoms with van der Waals surface area (Å²) in [4.78, 5) is 15.1. The van der Waals surface area contributed by atoms with Crippen LogP contribution in [-0.4, -0.2) is 34.7 Å². The summed E-state index contributed by atoms with van der Waals surface area (Å²) in [5.41, 5.74) is 3.70. The molecule has 0 saturated carbocycles. The molecule has 1 aliphatic rings. The minimum Gasteiger partial charge on any atom is -0.497 e. The Morgan fingerprint density at radius 2 is 1.89 bits per heavy atom. The zero-order valence-electron chi connectivity index (χ0n) is 15.7. The molecule has 0 aliphatic carbocycles. The van der Waals surface area contributed by atoms with E-state index < -0.39 is 0 Å². The molecule has 28 heavy (non-hydrogen) atoms. The summed E-state index contributed by atoms with van der Waals surface area (Å²) in [6, 6.07) is 15.0. The van der Waals surface area contributed by atoms with E-state index in [4.69, 9.17) is 16.3 Å². The number of carbonyl (C=O) groups excluding carboxylic acids is 1. The predicted molar refractivity (Wildman–Crippen MR) is 110 cm³/mol. The van der Waals surface area contributed by atoms with E-state index in [9.17, 15) is 4.79 Å². The molecule has 0 radical (unpaired) electrons. The van der Waals surface area contributed by atoms with E-state index in [1.54, 1.807) is 31.4 Å². The highest BCUT2D eigenvalue weighted by Gasteiger charge is 2.31. The van der Waals surface area contributed by atoms with Gasteiger partial charge in [-0.05, 0) is 61.2 Å². The SMILES string of the molecule is COc1ccc(-c2cn[nH]c2[C@H]2CCCCN2C(=O)c2ccc(Cl)cc2)cc1. The van der Waals surface area contributed by atoms with Crippen LogP contribution in [0.5, 0.6) is 5.75 Å².